The maximum atomic E-state index is 12.4. The number of benzene rings is 1. The first-order valence-corrected chi connectivity index (χ1v) is 10.2. The molecule has 0 radical (unpaired) electrons. The van der Waals surface area contributed by atoms with Crippen LogP contribution in [0.2, 0.25) is 0 Å². The summed E-state index contributed by atoms with van der Waals surface area (Å²) >= 11 is 0. The van der Waals surface area contributed by atoms with E-state index in [9.17, 15) is 19.6 Å². The van der Waals surface area contributed by atoms with E-state index < -0.39 is 25.1 Å². The highest BCUT2D eigenvalue weighted by Crippen LogP contribution is 2.22. The zero-order chi connectivity index (χ0) is 22.5. The molecule has 2 rings (SSSR count). The number of carbonyl (C=O) groups is 2. The Bertz CT molecular complexity index is 772. The van der Waals surface area contributed by atoms with Crippen molar-refractivity contribution in [3.05, 3.63) is 35.4 Å². The van der Waals surface area contributed by atoms with E-state index in [-0.39, 0.29) is 30.2 Å². The number of nitrogens with one attached hydrogen (secondary N) is 2. The van der Waals surface area contributed by atoms with Crippen molar-refractivity contribution in [2.45, 2.75) is 64.9 Å². The molecule has 2 atom stereocenters. The molecule has 0 saturated carbocycles. The van der Waals surface area contributed by atoms with Crippen molar-refractivity contribution in [3.8, 4) is 0 Å². The maximum Gasteiger partial charge on any atom is 0.475 e. The maximum absolute atomic E-state index is 12.4. The van der Waals surface area contributed by atoms with Crippen LogP contribution in [-0.2, 0) is 15.0 Å². The van der Waals surface area contributed by atoms with E-state index in [1.165, 1.54) is 0 Å². The van der Waals surface area contributed by atoms with E-state index in [0.29, 0.717) is 17.7 Å². The molecular formula is C21H32BN3O5. The lowest BCUT2D eigenvalue weighted by atomic mass is 9.75. The molecule has 164 valence electrons. The molecule has 1 aliphatic rings. The summed E-state index contributed by atoms with van der Waals surface area (Å²) in [5.41, 5.74) is 2.25. The fourth-order valence-corrected chi connectivity index (χ4v) is 3.12. The Morgan fingerprint density at radius 1 is 1.23 bits per heavy atom. The summed E-state index contributed by atoms with van der Waals surface area (Å²) in [4.78, 5) is 29.9. The van der Waals surface area contributed by atoms with Crippen LogP contribution in [0.4, 0.5) is 0 Å². The molecule has 0 spiro atoms. The molecule has 1 aromatic carbocycles. The number of oxime groups is 1. The molecule has 9 heteroatoms. The zero-order valence-electron chi connectivity index (χ0n) is 18.3. The van der Waals surface area contributed by atoms with Crippen LogP contribution in [0.3, 0.4) is 0 Å². The first-order valence-electron chi connectivity index (χ1n) is 10.2. The molecule has 8 nitrogen and oxygen atoms in total. The highest BCUT2D eigenvalue weighted by atomic mass is 16.6. The lowest BCUT2D eigenvalue weighted by Crippen LogP contribution is -2.50. The van der Waals surface area contributed by atoms with Gasteiger partial charge in [-0.1, -0.05) is 51.9 Å². The van der Waals surface area contributed by atoms with Gasteiger partial charge in [0.15, 0.2) is 0 Å². The van der Waals surface area contributed by atoms with Crippen LogP contribution < -0.4 is 10.6 Å². The number of hydrogen-bond acceptors (Lipinski definition) is 6. The molecule has 4 N–H and O–H groups in total. The number of rotatable bonds is 8. The Kier molecular flexibility index (Phi) is 8.03. The standard InChI is InChI=1S/C21H32BN3O5/c1-13(2)10-18(22(28)29)24-20(27)17-11-16(25-30-17)12-23-19(26)14-6-8-15(9-7-14)21(3,4)5/h6-9,13,17-18,28-29H,10-12H2,1-5H3,(H,23,26)(H,24,27)/t17?,18-/m0/s1. The highest BCUT2D eigenvalue weighted by molar-refractivity contribution is 6.43. The molecule has 2 amide bonds. The van der Waals surface area contributed by atoms with Crippen LogP contribution in [0.5, 0.6) is 0 Å². The fraction of sp³-hybridized carbons (Fsp3) is 0.571. The van der Waals surface area contributed by atoms with Crippen LogP contribution >= 0.6 is 0 Å². The number of amides is 2. The minimum atomic E-state index is -1.65. The van der Waals surface area contributed by atoms with Gasteiger partial charge in [-0.15, -0.1) is 0 Å². The van der Waals surface area contributed by atoms with Crippen molar-refractivity contribution in [3.63, 3.8) is 0 Å². The van der Waals surface area contributed by atoms with E-state index in [1.54, 1.807) is 12.1 Å². The van der Waals surface area contributed by atoms with E-state index >= 15 is 0 Å². The topological polar surface area (TPSA) is 120 Å². The Morgan fingerprint density at radius 3 is 2.40 bits per heavy atom. The Labute approximate surface area is 178 Å². The van der Waals surface area contributed by atoms with E-state index in [0.717, 1.165) is 5.56 Å². The van der Waals surface area contributed by atoms with Gasteiger partial charge in [0, 0.05) is 12.0 Å². The number of nitrogens with zero attached hydrogens (tertiary/aromatic N) is 1. The van der Waals surface area contributed by atoms with Crippen molar-refractivity contribution in [2.75, 3.05) is 6.54 Å². The van der Waals surface area contributed by atoms with Gasteiger partial charge in [0.1, 0.15) is 0 Å². The van der Waals surface area contributed by atoms with Gasteiger partial charge >= 0.3 is 7.12 Å². The van der Waals surface area contributed by atoms with Gasteiger partial charge in [0.25, 0.3) is 11.8 Å². The van der Waals surface area contributed by atoms with Crippen LogP contribution in [0.1, 0.15) is 63.4 Å². The van der Waals surface area contributed by atoms with E-state index in [4.69, 9.17) is 4.84 Å². The highest BCUT2D eigenvalue weighted by Gasteiger charge is 2.33. The number of carbonyl (C=O) groups excluding carboxylic acids is 2. The third-order valence-electron chi connectivity index (χ3n) is 4.90. The molecule has 0 fully saturated rings. The van der Waals surface area contributed by atoms with Gasteiger partial charge in [-0.25, -0.2) is 0 Å². The van der Waals surface area contributed by atoms with Crippen LogP contribution in [0.15, 0.2) is 29.4 Å². The van der Waals surface area contributed by atoms with Crippen LogP contribution in [0, 0.1) is 5.92 Å². The molecule has 0 aliphatic carbocycles. The Hall–Kier alpha value is -2.39. The van der Waals surface area contributed by atoms with Gasteiger partial charge < -0.3 is 25.5 Å². The van der Waals surface area contributed by atoms with Crippen LogP contribution in [0.25, 0.3) is 0 Å². The van der Waals surface area contributed by atoms with Gasteiger partial charge in [-0.05, 0) is 35.4 Å². The first kappa shape index (κ1) is 23.9. The SMILES string of the molecule is CC(C)C[C@H](NC(=O)C1CC(CNC(=O)c2ccc(C(C)(C)C)cc2)=NO1)B(O)O. The van der Waals surface area contributed by atoms with Crippen molar-refractivity contribution in [2.24, 2.45) is 11.1 Å². The second-order valence-corrected chi connectivity index (χ2v) is 9.12. The van der Waals surface area contributed by atoms with Crippen molar-refractivity contribution in [1.82, 2.24) is 10.6 Å². The summed E-state index contributed by atoms with van der Waals surface area (Å²) in [5, 5.41) is 28.1. The van der Waals surface area contributed by atoms with Crippen molar-refractivity contribution in [1.29, 1.82) is 0 Å². The molecule has 1 unspecified atom stereocenters. The van der Waals surface area contributed by atoms with E-state index in [2.05, 4.69) is 36.6 Å². The van der Waals surface area contributed by atoms with Gasteiger partial charge in [-0.3, -0.25) is 9.59 Å². The van der Waals surface area contributed by atoms with Gasteiger partial charge in [-0.2, -0.15) is 0 Å². The summed E-state index contributed by atoms with van der Waals surface area (Å²) in [6.07, 6.45) is -0.199. The predicted octanol–water partition coefficient (Wildman–Crippen LogP) is 1.40. The molecule has 0 bridgehead atoms. The summed E-state index contributed by atoms with van der Waals surface area (Å²) in [5.74, 6) is -1.29. The molecule has 0 aromatic heterocycles. The lowest BCUT2D eigenvalue weighted by molar-refractivity contribution is -0.131. The van der Waals surface area contributed by atoms with Crippen molar-refractivity contribution < 1.29 is 24.5 Å². The molecule has 30 heavy (non-hydrogen) atoms. The second kappa shape index (κ2) is 10.1. The summed E-state index contributed by atoms with van der Waals surface area (Å²) in [7, 11) is -1.65. The third-order valence-corrected chi connectivity index (χ3v) is 4.90. The molecule has 1 aromatic rings. The molecule has 0 saturated heterocycles. The summed E-state index contributed by atoms with van der Waals surface area (Å²) < 4.78 is 0. The monoisotopic (exact) mass is 417 g/mol. The van der Waals surface area contributed by atoms with Gasteiger partial charge in [0.2, 0.25) is 6.10 Å². The third kappa shape index (κ3) is 6.85. The largest absolute Gasteiger partial charge is 0.475 e. The predicted molar refractivity (Wildman–Crippen MR) is 116 cm³/mol. The average Bonchev–Trinajstić information content (AvgIpc) is 3.13. The molecular weight excluding hydrogens is 385 g/mol. The minimum absolute atomic E-state index is 0.0146. The number of hydrogen-bond donors (Lipinski definition) is 4. The Morgan fingerprint density at radius 2 is 1.87 bits per heavy atom. The smallest absolute Gasteiger partial charge is 0.426 e. The second-order valence-electron chi connectivity index (χ2n) is 9.12. The lowest BCUT2D eigenvalue weighted by Gasteiger charge is -2.20. The molecule has 1 aliphatic heterocycles. The average molecular weight is 417 g/mol. The fourth-order valence-electron chi connectivity index (χ4n) is 3.12. The van der Waals surface area contributed by atoms with Crippen molar-refractivity contribution >= 4 is 24.6 Å². The summed E-state index contributed by atoms with van der Waals surface area (Å²) in [6.45, 7) is 10.3. The quantitative estimate of drug-likeness (QED) is 0.477. The van der Waals surface area contributed by atoms with Crippen LogP contribution in [-0.4, -0.2) is 53.3 Å². The minimum Gasteiger partial charge on any atom is -0.426 e. The normalized spacial score (nSPS) is 17.2. The Balaban J connectivity index is 1.83. The first-order chi connectivity index (χ1) is 14.0. The molecule has 1 heterocycles. The van der Waals surface area contributed by atoms with E-state index in [1.807, 2.05) is 26.0 Å². The van der Waals surface area contributed by atoms with Gasteiger partial charge in [0.05, 0.1) is 18.2 Å². The summed E-state index contributed by atoms with van der Waals surface area (Å²) in [6, 6.07) is 7.45. The zero-order valence-corrected chi connectivity index (χ0v) is 18.3.